The van der Waals surface area contributed by atoms with Crippen LogP contribution in [0.3, 0.4) is 0 Å². The standard InChI is InChI=1S/C14H23NO2/c1-6-8-14(12(4)13(5)16)15(17)10-9-11(3)7-2/h6,12,14-15H,1-2,8-10H2,3-5H3/t12-,14+/m1/s1. The summed E-state index contributed by atoms with van der Waals surface area (Å²) in [4.78, 5) is 11.3. The van der Waals surface area contributed by atoms with Gasteiger partial charge in [0.15, 0.2) is 0 Å². The molecule has 0 saturated heterocycles. The summed E-state index contributed by atoms with van der Waals surface area (Å²) in [5.74, 6) is -0.172. The highest BCUT2D eigenvalue weighted by Crippen LogP contribution is 2.06. The largest absolute Gasteiger partial charge is 0.634 e. The Balaban J connectivity index is 4.53. The van der Waals surface area contributed by atoms with Gasteiger partial charge < -0.3 is 10.3 Å². The molecule has 0 heterocycles. The molecule has 0 fully saturated rings. The molecule has 17 heavy (non-hydrogen) atoms. The first kappa shape index (κ1) is 15.9. The van der Waals surface area contributed by atoms with Gasteiger partial charge in [0.2, 0.25) is 0 Å². The number of hydrogen-bond donors (Lipinski definition) is 1. The summed E-state index contributed by atoms with van der Waals surface area (Å²) in [6.45, 7) is 12.9. The predicted molar refractivity (Wildman–Crippen MR) is 70.6 cm³/mol. The molecule has 0 amide bonds. The molecule has 0 aliphatic carbocycles. The topological polar surface area (TPSA) is 44.6 Å². The Bertz CT molecular complexity index is 316. The third-order valence-electron chi connectivity index (χ3n) is 3.13. The third-order valence-corrected chi connectivity index (χ3v) is 3.13. The first-order chi connectivity index (χ1) is 7.93. The van der Waals surface area contributed by atoms with Crippen LogP contribution in [0.4, 0.5) is 0 Å². The molecular formula is C14H23NO2. The lowest BCUT2D eigenvalue weighted by Crippen LogP contribution is -3.12. The number of Topliss-reactive ketones (excluding diaryl/α,β-unsaturated/α-hetero) is 1. The van der Waals surface area contributed by atoms with Crippen molar-refractivity contribution in [2.45, 2.75) is 39.7 Å². The van der Waals surface area contributed by atoms with Crippen LogP contribution in [0, 0.1) is 11.1 Å². The molecule has 0 saturated carbocycles. The molecule has 0 bridgehead atoms. The molecule has 1 unspecified atom stereocenters. The van der Waals surface area contributed by atoms with Crippen molar-refractivity contribution in [2.75, 3.05) is 6.54 Å². The van der Waals surface area contributed by atoms with Crippen molar-refractivity contribution in [1.29, 1.82) is 0 Å². The summed E-state index contributed by atoms with van der Waals surface area (Å²) in [7, 11) is 0. The fourth-order valence-corrected chi connectivity index (χ4v) is 1.66. The Labute approximate surface area is 104 Å². The summed E-state index contributed by atoms with van der Waals surface area (Å²) in [5.41, 5.74) is 3.75. The van der Waals surface area contributed by atoms with E-state index in [0.29, 0.717) is 19.4 Å². The van der Waals surface area contributed by atoms with Crippen LogP contribution in [0.2, 0.25) is 0 Å². The second-order valence-corrected chi connectivity index (χ2v) is 4.45. The molecule has 0 aromatic carbocycles. The molecule has 1 N–H and O–H groups in total. The highest BCUT2D eigenvalue weighted by Gasteiger charge is 2.25. The minimum absolute atomic E-state index is 0.0567. The number of carbonyl (C=O) groups excluding carboxylic acids is 1. The van der Waals surface area contributed by atoms with Gasteiger partial charge in [-0.25, -0.2) is 0 Å². The first-order valence-electron chi connectivity index (χ1n) is 5.93. The molecule has 96 valence electrons. The van der Waals surface area contributed by atoms with E-state index in [1.54, 1.807) is 6.08 Å². The van der Waals surface area contributed by atoms with Gasteiger partial charge in [-0.2, -0.15) is 0 Å². The van der Waals surface area contributed by atoms with Gasteiger partial charge in [-0.1, -0.05) is 12.7 Å². The zero-order chi connectivity index (χ0) is 13.4. The Morgan fingerprint density at radius 3 is 2.53 bits per heavy atom. The zero-order valence-corrected chi connectivity index (χ0v) is 11.1. The minimum Gasteiger partial charge on any atom is -0.634 e. The van der Waals surface area contributed by atoms with Crippen molar-refractivity contribution < 1.29 is 9.86 Å². The lowest BCUT2D eigenvalue weighted by atomic mass is 9.94. The molecule has 0 spiro atoms. The van der Waals surface area contributed by atoms with E-state index in [1.165, 1.54) is 6.92 Å². The maximum absolute atomic E-state index is 12.0. The number of rotatable bonds is 8. The summed E-state index contributed by atoms with van der Waals surface area (Å²) >= 11 is 0. The van der Waals surface area contributed by atoms with Gasteiger partial charge in [0.05, 0.1) is 12.5 Å². The third kappa shape index (κ3) is 5.64. The Morgan fingerprint density at radius 2 is 2.12 bits per heavy atom. The second kappa shape index (κ2) is 8.02. The van der Waals surface area contributed by atoms with E-state index in [1.807, 2.05) is 13.8 Å². The van der Waals surface area contributed by atoms with Crippen molar-refractivity contribution in [1.82, 2.24) is 0 Å². The van der Waals surface area contributed by atoms with Crippen LogP contribution in [0.25, 0.3) is 0 Å². The Morgan fingerprint density at radius 1 is 1.53 bits per heavy atom. The van der Waals surface area contributed by atoms with Crippen molar-refractivity contribution in [3.8, 4) is 0 Å². The number of ketones is 1. The lowest BCUT2D eigenvalue weighted by Gasteiger charge is -2.34. The fourth-order valence-electron chi connectivity index (χ4n) is 1.66. The predicted octanol–water partition coefficient (Wildman–Crippen LogP) is 1.66. The van der Waals surface area contributed by atoms with Gasteiger partial charge in [-0.05, 0) is 26.3 Å². The maximum atomic E-state index is 12.0. The highest BCUT2D eigenvalue weighted by atomic mass is 16.5. The molecule has 3 nitrogen and oxygen atoms in total. The van der Waals surface area contributed by atoms with Gasteiger partial charge in [0.1, 0.15) is 11.8 Å². The smallest absolute Gasteiger partial charge is 0.138 e. The molecule has 3 atom stereocenters. The van der Waals surface area contributed by atoms with Gasteiger partial charge in [0.25, 0.3) is 0 Å². The van der Waals surface area contributed by atoms with Gasteiger partial charge in [-0.3, -0.25) is 4.79 Å². The van der Waals surface area contributed by atoms with Crippen LogP contribution in [-0.4, -0.2) is 18.4 Å². The normalized spacial score (nSPS) is 15.5. The Hall–Kier alpha value is -1.15. The van der Waals surface area contributed by atoms with Gasteiger partial charge in [0, 0.05) is 12.8 Å². The summed E-state index contributed by atoms with van der Waals surface area (Å²) < 4.78 is 0. The molecule has 0 radical (unpaired) electrons. The fraction of sp³-hybridized carbons (Fsp3) is 0.571. The van der Waals surface area contributed by atoms with E-state index in [9.17, 15) is 10.0 Å². The van der Waals surface area contributed by atoms with Crippen LogP contribution < -0.4 is 5.06 Å². The number of carbonyl (C=O) groups is 1. The van der Waals surface area contributed by atoms with Crippen LogP contribution in [0.1, 0.15) is 33.6 Å². The van der Waals surface area contributed by atoms with Crippen LogP contribution in [0.15, 0.2) is 30.5 Å². The SMILES string of the molecule is C=C=C(C)CC[NH+]([O-])[C@@H](CC=C)[C@H](C)C(C)=O. The Kier molecular flexibility index (Phi) is 7.47. The maximum Gasteiger partial charge on any atom is 0.138 e. The highest BCUT2D eigenvalue weighted by molar-refractivity contribution is 5.78. The second-order valence-electron chi connectivity index (χ2n) is 4.45. The van der Waals surface area contributed by atoms with Crippen molar-refractivity contribution in [2.24, 2.45) is 5.92 Å². The molecule has 0 aromatic rings. The first-order valence-corrected chi connectivity index (χ1v) is 5.93. The molecule has 0 aliphatic heterocycles. The zero-order valence-electron chi connectivity index (χ0n) is 11.1. The van der Waals surface area contributed by atoms with E-state index in [4.69, 9.17) is 0 Å². The van der Waals surface area contributed by atoms with Crippen molar-refractivity contribution >= 4 is 5.78 Å². The van der Waals surface area contributed by atoms with Crippen LogP contribution in [0.5, 0.6) is 0 Å². The van der Waals surface area contributed by atoms with Crippen LogP contribution in [-0.2, 0) is 4.79 Å². The molecule has 3 heteroatoms. The monoisotopic (exact) mass is 237 g/mol. The van der Waals surface area contributed by atoms with E-state index in [-0.39, 0.29) is 22.8 Å². The van der Waals surface area contributed by atoms with Crippen molar-refractivity contribution in [3.63, 3.8) is 0 Å². The molecular weight excluding hydrogens is 214 g/mol. The van der Waals surface area contributed by atoms with E-state index in [0.717, 1.165) is 5.57 Å². The van der Waals surface area contributed by atoms with Gasteiger partial charge in [-0.15, -0.1) is 12.3 Å². The van der Waals surface area contributed by atoms with Crippen molar-refractivity contribution in [3.05, 3.63) is 35.7 Å². The number of hydrogen-bond acceptors (Lipinski definition) is 2. The van der Waals surface area contributed by atoms with Gasteiger partial charge >= 0.3 is 0 Å². The number of quaternary nitrogens is 1. The number of nitrogens with one attached hydrogen (secondary N) is 1. The van der Waals surface area contributed by atoms with E-state index in [2.05, 4.69) is 18.9 Å². The molecule has 0 rings (SSSR count). The molecule has 0 aromatic heterocycles. The molecule has 0 aliphatic rings. The quantitative estimate of drug-likeness (QED) is 0.396. The summed E-state index contributed by atoms with van der Waals surface area (Å²) in [6, 6.07) is -0.234. The average molecular weight is 237 g/mol. The minimum atomic E-state index is -0.234. The van der Waals surface area contributed by atoms with Crippen LogP contribution >= 0.6 is 0 Å². The lowest BCUT2D eigenvalue weighted by molar-refractivity contribution is -0.877. The summed E-state index contributed by atoms with van der Waals surface area (Å²) in [6.07, 6.45) is 2.94. The number of hydroxylamine groups is 2. The van der Waals surface area contributed by atoms with E-state index < -0.39 is 0 Å². The average Bonchev–Trinajstić information content (AvgIpc) is 2.31. The van der Waals surface area contributed by atoms with E-state index >= 15 is 0 Å². The summed E-state index contributed by atoms with van der Waals surface area (Å²) in [5, 5.41) is 12.2.